The topological polar surface area (TPSA) is 73.6 Å². The molecule has 0 bridgehead atoms. The van der Waals surface area contributed by atoms with Gasteiger partial charge in [-0.1, -0.05) is 22.0 Å². The summed E-state index contributed by atoms with van der Waals surface area (Å²) in [6, 6.07) is 14.8. The summed E-state index contributed by atoms with van der Waals surface area (Å²) in [6.45, 7) is 3.83. The van der Waals surface area contributed by atoms with Crippen molar-refractivity contribution in [2.75, 3.05) is 19.5 Å². The number of carbonyl (C=O) groups is 1. The Labute approximate surface area is 188 Å². The number of nitrogens with zero attached hydrogens (tertiary/aromatic N) is 1. The van der Waals surface area contributed by atoms with Crippen molar-refractivity contribution in [1.29, 1.82) is 0 Å². The van der Waals surface area contributed by atoms with Gasteiger partial charge in [0.2, 0.25) is 5.89 Å². The number of fused-ring (bicyclic) bond motifs is 1. The Balaban J connectivity index is 1.68. The maximum Gasteiger partial charge on any atom is 0.259 e. The number of hydrogen-bond donors (Lipinski definition) is 1. The second kappa shape index (κ2) is 8.43. The highest BCUT2D eigenvalue weighted by molar-refractivity contribution is 9.10. The Bertz CT molecular complexity index is 1300. The van der Waals surface area contributed by atoms with Crippen molar-refractivity contribution in [3.05, 3.63) is 69.7 Å². The number of aryl methyl sites for hydroxylation is 2. The molecule has 4 aromatic rings. The summed E-state index contributed by atoms with van der Waals surface area (Å²) in [5, 5.41) is 2.99. The van der Waals surface area contributed by atoms with Gasteiger partial charge in [0.25, 0.3) is 5.91 Å². The number of anilines is 1. The minimum Gasteiger partial charge on any atom is -0.497 e. The molecule has 0 unspecified atom stereocenters. The number of benzene rings is 3. The van der Waals surface area contributed by atoms with E-state index in [1.807, 2.05) is 56.3 Å². The highest BCUT2D eigenvalue weighted by Gasteiger charge is 2.18. The van der Waals surface area contributed by atoms with Crippen LogP contribution in [0.15, 0.2) is 57.4 Å². The average molecular weight is 481 g/mol. The van der Waals surface area contributed by atoms with Crippen LogP contribution in [-0.4, -0.2) is 25.1 Å². The molecule has 158 valence electrons. The van der Waals surface area contributed by atoms with Crippen LogP contribution >= 0.6 is 15.9 Å². The second-order valence-corrected chi connectivity index (χ2v) is 8.06. The van der Waals surface area contributed by atoms with Crippen molar-refractivity contribution in [3.63, 3.8) is 0 Å². The van der Waals surface area contributed by atoms with Crippen LogP contribution < -0.4 is 14.8 Å². The van der Waals surface area contributed by atoms with E-state index >= 15 is 0 Å². The lowest BCUT2D eigenvalue weighted by Crippen LogP contribution is -2.14. The molecular weight excluding hydrogens is 460 g/mol. The third-order valence-electron chi connectivity index (χ3n) is 5.02. The molecule has 1 amide bonds. The fraction of sp³-hybridized carbons (Fsp3) is 0.167. The first kappa shape index (κ1) is 20.9. The van der Waals surface area contributed by atoms with Gasteiger partial charge in [0.05, 0.1) is 19.8 Å². The van der Waals surface area contributed by atoms with Gasteiger partial charge in [-0.15, -0.1) is 0 Å². The first-order valence-electron chi connectivity index (χ1n) is 9.60. The number of nitrogens with one attached hydrogen (secondary N) is 1. The molecule has 0 aliphatic carbocycles. The molecule has 0 fully saturated rings. The van der Waals surface area contributed by atoms with Gasteiger partial charge in [-0.2, -0.15) is 0 Å². The first-order valence-corrected chi connectivity index (χ1v) is 10.4. The SMILES string of the molecule is COc1ccc2oc(-c3ccc(C)c(NC(=O)c4cc(Br)cc(C)c4OC)c3)nc2c1. The molecular formula is C24H21BrN2O4. The van der Waals surface area contributed by atoms with Gasteiger partial charge in [-0.05, 0) is 61.4 Å². The number of halogens is 1. The van der Waals surface area contributed by atoms with Crippen LogP contribution in [0.5, 0.6) is 11.5 Å². The summed E-state index contributed by atoms with van der Waals surface area (Å²) in [6.07, 6.45) is 0. The molecule has 0 saturated carbocycles. The molecule has 0 aliphatic rings. The van der Waals surface area contributed by atoms with E-state index in [-0.39, 0.29) is 5.91 Å². The van der Waals surface area contributed by atoms with Crippen molar-refractivity contribution in [2.24, 2.45) is 0 Å². The first-order chi connectivity index (χ1) is 14.9. The number of aromatic nitrogens is 1. The zero-order valence-corrected chi connectivity index (χ0v) is 19.2. The minimum atomic E-state index is -0.260. The molecule has 7 heteroatoms. The third-order valence-corrected chi connectivity index (χ3v) is 5.47. The lowest BCUT2D eigenvalue weighted by atomic mass is 10.1. The smallest absolute Gasteiger partial charge is 0.259 e. The molecule has 6 nitrogen and oxygen atoms in total. The van der Waals surface area contributed by atoms with Crippen LogP contribution in [-0.2, 0) is 0 Å². The molecule has 4 rings (SSSR count). The van der Waals surface area contributed by atoms with E-state index in [0.29, 0.717) is 39.7 Å². The number of amides is 1. The molecule has 1 N–H and O–H groups in total. The minimum absolute atomic E-state index is 0.260. The molecule has 31 heavy (non-hydrogen) atoms. The predicted molar refractivity (Wildman–Crippen MR) is 124 cm³/mol. The second-order valence-electron chi connectivity index (χ2n) is 7.14. The maximum absolute atomic E-state index is 13.0. The Hall–Kier alpha value is -3.32. The molecule has 1 heterocycles. The molecule has 0 atom stereocenters. The lowest BCUT2D eigenvalue weighted by Gasteiger charge is -2.14. The summed E-state index contributed by atoms with van der Waals surface area (Å²) < 4.78 is 17.4. The molecule has 1 aromatic heterocycles. The lowest BCUT2D eigenvalue weighted by molar-refractivity contribution is 0.102. The Morgan fingerprint density at radius 3 is 2.55 bits per heavy atom. The zero-order valence-electron chi connectivity index (χ0n) is 17.6. The Morgan fingerprint density at radius 1 is 1.00 bits per heavy atom. The normalized spacial score (nSPS) is 10.9. The number of methoxy groups -OCH3 is 2. The van der Waals surface area contributed by atoms with Crippen molar-refractivity contribution in [1.82, 2.24) is 4.98 Å². The van der Waals surface area contributed by atoms with E-state index in [0.717, 1.165) is 21.2 Å². The van der Waals surface area contributed by atoms with E-state index < -0.39 is 0 Å². The van der Waals surface area contributed by atoms with Gasteiger partial charge in [-0.25, -0.2) is 4.98 Å². The molecule has 0 spiro atoms. The highest BCUT2D eigenvalue weighted by Crippen LogP contribution is 2.32. The van der Waals surface area contributed by atoms with Gasteiger partial charge in [0, 0.05) is 21.8 Å². The summed E-state index contributed by atoms with van der Waals surface area (Å²) in [5.41, 5.74) is 5.03. The maximum atomic E-state index is 13.0. The number of hydrogen-bond acceptors (Lipinski definition) is 5. The number of carbonyl (C=O) groups excluding carboxylic acids is 1. The van der Waals surface area contributed by atoms with Crippen LogP contribution in [0, 0.1) is 13.8 Å². The quantitative estimate of drug-likeness (QED) is 0.371. The average Bonchev–Trinajstić information content (AvgIpc) is 3.18. The van der Waals surface area contributed by atoms with Crippen LogP contribution in [0.4, 0.5) is 5.69 Å². The molecule has 0 saturated heterocycles. The van der Waals surface area contributed by atoms with Crippen molar-refractivity contribution in [3.8, 4) is 23.0 Å². The van der Waals surface area contributed by atoms with Gasteiger partial charge in [0.15, 0.2) is 5.58 Å². The van der Waals surface area contributed by atoms with E-state index in [1.165, 1.54) is 0 Å². The number of rotatable bonds is 5. The van der Waals surface area contributed by atoms with E-state index in [4.69, 9.17) is 13.9 Å². The standard InChI is InChI=1S/C24H21BrN2O4/c1-13-5-6-15(24-27-20-12-17(29-3)7-8-21(20)31-24)10-19(13)26-23(28)18-11-16(25)9-14(2)22(18)30-4/h5-12H,1-4H3,(H,26,28). The molecule has 3 aromatic carbocycles. The van der Waals surface area contributed by atoms with Crippen molar-refractivity contribution in [2.45, 2.75) is 13.8 Å². The summed E-state index contributed by atoms with van der Waals surface area (Å²) in [7, 11) is 3.17. The summed E-state index contributed by atoms with van der Waals surface area (Å²) >= 11 is 3.45. The van der Waals surface area contributed by atoms with Crippen LogP contribution in [0.2, 0.25) is 0 Å². The van der Waals surface area contributed by atoms with Crippen LogP contribution in [0.25, 0.3) is 22.6 Å². The Morgan fingerprint density at radius 2 is 1.81 bits per heavy atom. The largest absolute Gasteiger partial charge is 0.497 e. The van der Waals surface area contributed by atoms with E-state index in [9.17, 15) is 4.79 Å². The number of oxazole rings is 1. The molecule has 0 aliphatic heterocycles. The van der Waals surface area contributed by atoms with Gasteiger partial charge >= 0.3 is 0 Å². The van der Waals surface area contributed by atoms with Gasteiger partial charge < -0.3 is 19.2 Å². The third kappa shape index (κ3) is 4.14. The highest BCUT2D eigenvalue weighted by atomic mass is 79.9. The zero-order chi connectivity index (χ0) is 22.1. The van der Waals surface area contributed by atoms with E-state index in [2.05, 4.69) is 26.2 Å². The van der Waals surface area contributed by atoms with Gasteiger partial charge in [-0.3, -0.25) is 4.79 Å². The van der Waals surface area contributed by atoms with E-state index in [1.54, 1.807) is 20.3 Å². The predicted octanol–water partition coefficient (Wildman–Crippen LogP) is 6.14. The van der Waals surface area contributed by atoms with Crippen LogP contribution in [0.3, 0.4) is 0 Å². The number of ether oxygens (including phenoxy) is 2. The van der Waals surface area contributed by atoms with Gasteiger partial charge in [0.1, 0.15) is 17.0 Å². The Kier molecular flexibility index (Phi) is 5.69. The van der Waals surface area contributed by atoms with Crippen molar-refractivity contribution >= 4 is 38.6 Å². The molecule has 0 radical (unpaired) electrons. The fourth-order valence-corrected chi connectivity index (χ4v) is 3.98. The summed E-state index contributed by atoms with van der Waals surface area (Å²) in [4.78, 5) is 17.6. The summed E-state index contributed by atoms with van der Waals surface area (Å²) in [5.74, 6) is 1.46. The van der Waals surface area contributed by atoms with Crippen LogP contribution in [0.1, 0.15) is 21.5 Å². The fourth-order valence-electron chi connectivity index (χ4n) is 3.41. The monoisotopic (exact) mass is 480 g/mol. The van der Waals surface area contributed by atoms with Crippen molar-refractivity contribution < 1.29 is 18.7 Å².